The van der Waals surface area contributed by atoms with Gasteiger partial charge in [0.15, 0.2) is 0 Å². The van der Waals surface area contributed by atoms with E-state index in [-0.39, 0.29) is 5.91 Å². The van der Waals surface area contributed by atoms with Crippen molar-refractivity contribution in [3.05, 3.63) is 48.3 Å². The molecular formula is C14H15N3O2. The standard InChI is InChI=1S/C14H15N3O2/c1-17(10-6-8-16-9-7-10)14(18)13-11(15)4-3-5-12(13)19-2/h3-9H,15H2,1-2H3. The minimum Gasteiger partial charge on any atom is -0.496 e. The maximum Gasteiger partial charge on any atom is 0.263 e. The van der Waals surface area contributed by atoms with E-state index >= 15 is 0 Å². The van der Waals surface area contributed by atoms with Crippen LogP contribution in [0.1, 0.15) is 10.4 Å². The molecule has 2 N–H and O–H groups in total. The van der Waals surface area contributed by atoms with Crippen LogP contribution in [-0.2, 0) is 0 Å². The molecule has 19 heavy (non-hydrogen) atoms. The Morgan fingerprint density at radius 3 is 2.58 bits per heavy atom. The fraction of sp³-hybridized carbons (Fsp3) is 0.143. The molecule has 0 spiro atoms. The molecule has 0 bridgehead atoms. The molecule has 98 valence electrons. The lowest BCUT2D eigenvalue weighted by atomic mass is 10.1. The molecule has 0 saturated carbocycles. The van der Waals surface area contributed by atoms with Crippen LogP contribution in [0.25, 0.3) is 0 Å². The van der Waals surface area contributed by atoms with E-state index in [4.69, 9.17) is 10.5 Å². The molecule has 2 rings (SSSR count). The largest absolute Gasteiger partial charge is 0.496 e. The van der Waals surface area contributed by atoms with Gasteiger partial charge in [0.1, 0.15) is 11.3 Å². The first-order valence-corrected chi connectivity index (χ1v) is 5.75. The summed E-state index contributed by atoms with van der Waals surface area (Å²) in [7, 11) is 3.20. The quantitative estimate of drug-likeness (QED) is 0.853. The summed E-state index contributed by atoms with van der Waals surface area (Å²) in [5.41, 5.74) is 7.37. The molecule has 1 amide bonds. The first kappa shape index (κ1) is 12.9. The lowest BCUT2D eigenvalue weighted by Gasteiger charge is -2.19. The van der Waals surface area contributed by atoms with E-state index in [1.807, 2.05) is 0 Å². The topological polar surface area (TPSA) is 68.5 Å². The summed E-state index contributed by atoms with van der Waals surface area (Å²) in [5, 5.41) is 0. The first-order chi connectivity index (χ1) is 9.15. The summed E-state index contributed by atoms with van der Waals surface area (Å²) >= 11 is 0. The molecule has 0 fully saturated rings. The van der Waals surface area contributed by atoms with Crippen LogP contribution in [0, 0.1) is 0 Å². The smallest absolute Gasteiger partial charge is 0.263 e. The minimum absolute atomic E-state index is 0.221. The van der Waals surface area contributed by atoms with Gasteiger partial charge in [0.25, 0.3) is 5.91 Å². The average molecular weight is 257 g/mol. The van der Waals surface area contributed by atoms with Gasteiger partial charge in [0.2, 0.25) is 0 Å². The van der Waals surface area contributed by atoms with Crippen LogP contribution in [0.3, 0.4) is 0 Å². The zero-order valence-electron chi connectivity index (χ0n) is 10.8. The fourth-order valence-electron chi connectivity index (χ4n) is 1.80. The summed E-state index contributed by atoms with van der Waals surface area (Å²) in [4.78, 5) is 17.9. The van der Waals surface area contributed by atoms with Crippen molar-refractivity contribution in [3.63, 3.8) is 0 Å². The third-order valence-corrected chi connectivity index (χ3v) is 2.85. The number of benzene rings is 1. The van der Waals surface area contributed by atoms with Gasteiger partial charge in [0.05, 0.1) is 7.11 Å². The Hall–Kier alpha value is -2.56. The molecule has 1 aromatic heterocycles. The highest BCUT2D eigenvalue weighted by Gasteiger charge is 2.20. The predicted octanol–water partition coefficient (Wildman–Crippen LogP) is 1.95. The normalized spacial score (nSPS) is 10.0. The van der Waals surface area contributed by atoms with Gasteiger partial charge >= 0.3 is 0 Å². The van der Waals surface area contributed by atoms with E-state index < -0.39 is 0 Å². The number of anilines is 2. The minimum atomic E-state index is -0.221. The monoisotopic (exact) mass is 257 g/mol. The van der Waals surface area contributed by atoms with Crippen molar-refractivity contribution >= 4 is 17.3 Å². The summed E-state index contributed by atoms with van der Waals surface area (Å²) in [5.74, 6) is 0.243. The maximum absolute atomic E-state index is 12.5. The van der Waals surface area contributed by atoms with Gasteiger partial charge < -0.3 is 15.4 Å². The van der Waals surface area contributed by atoms with E-state index in [0.29, 0.717) is 17.0 Å². The molecule has 5 nitrogen and oxygen atoms in total. The SMILES string of the molecule is COc1cccc(N)c1C(=O)N(C)c1ccncc1. The molecule has 2 aromatic rings. The zero-order valence-corrected chi connectivity index (χ0v) is 10.8. The molecule has 0 atom stereocenters. The number of carbonyl (C=O) groups excluding carboxylic acids is 1. The maximum atomic E-state index is 12.5. The van der Waals surface area contributed by atoms with Crippen LogP contribution in [0.5, 0.6) is 5.75 Å². The highest BCUT2D eigenvalue weighted by molar-refractivity contribution is 6.10. The molecule has 1 heterocycles. The van der Waals surface area contributed by atoms with Gasteiger partial charge in [0, 0.05) is 30.8 Å². The second-order valence-electron chi connectivity index (χ2n) is 3.99. The Morgan fingerprint density at radius 1 is 1.26 bits per heavy atom. The summed E-state index contributed by atoms with van der Waals surface area (Å²) in [6.45, 7) is 0. The van der Waals surface area contributed by atoms with E-state index in [9.17, 15) is 4.79 Å². The number of pyridine rings is 1. The Kier molecular flexibility index (Phi) is 3.66. The van der Waals surface area contributed by atoms with Crippen molar-refractivity contribution in [3.8, 4) is 5.75 Å². The molecule has 0 radical (unpaired) electrons. The number of aromatic nitrogens is 1. The third-order valence-electron chi connectivity index (χ3n) is 2.85. The van der Waals surface area contributed by atoms with Crippen molar-refractivity contribution in [2.75, 3.05) is 24.8 Å². The van der Waals surface area contributed by atoms with Gasteiger partial charge in [-0.3, -0.25) is 9.78 Å². The van der Waals surface area contributed by atoms with Gasteiger partial charge in [-0.1, -0.05) is 6.07 Å². The van der Waals surface area contributed by atoms with Crippen LogP contribution >= 0.6 is 0 Å². The fourth-order valence-corrected chi connectivity index (χ4v) is 1.80. The second-order valence-corrected chi connectivity index (χ2v) is 3.99. The average Bonchev–Trinajstić information content (AvgIpc) is 2.46. The lowest BCUT2D eigenvalue weighted by molar-refractivity contribution is 0.0991. The summed E-state index contributed by atoms with van der Waals surface area (Å²) in [6.07, 6.45) is 3.26. The number of rotatable bonds is 3. The summed E-state index contributed by atoms with van der Waals surface area (Å²) in [6, 6.07) is 8.64. The van der Waals surface area contributed by atoms with Crippen molar-refractivity contribution in [1.82, 2.24) is 4.98 Å². The predicted molar refractivity (Wildman–Crippen MR) is 74.4 cm³/mol. The molecule has 1 aromatic carbocycles. The first-order valence-electron chi connectivity index (χ1n) is 5.75. The molecule has 5 heteroatoms. The number of ether oxygens (including phenoxy) is 1. The summed E-state index contributed by atoms with van der Waals surface area (Å²) < 4.78 is 5.19. The van der Waals surface area contributed by atoms with E-state index in [2.05, 4.69) is 4.98 Å². The van der Waals surface area contributed by atoms with E-state index in [0.717, 1.165) is 5.69 Å². The van der Waals surface area contributed by atoms with Crippen LogP contribution in [-0.4, -0.2) is 25.0 Å². The van der Waals surface area contributed by atoms with Crippen molar-refractivity contribution < 1.29 is 9.53 Å². The zero-order chi connectivity index (χ0) is 13.8. The molecule has 0 aliphatic rings. The number of hydrogen-bond donors (Lipinski definition) is 1. The van der Waals surface area contributed by atoms with E-state index in [1.54, 1.807) is 49.8 Å². The molecule has 0 aliphatic heterocycles. The number of methoxy groups -OCH3 is 1. The van der Waals surface area contributed by atoms with Crippen molar-refractivity contribution in [1.29, 1.82) is 0 Å². The van der Waals surface area contributed by atoms with Crippen LogP contribution in [0.15, 0.2) is 42.7 Å². The van der Waals surface area contributed by atoms with Crippen LogP contribution in [0.2, 0.25) is 0 Å². The molecular weight excluding hydrogens is 242 g/mol. The third kappa shape index (κ3) is 2.49. The molecule has 0 unspecified atom stereocenters. The van der Waals surface area contributed by atoms with Crippen LogP contribution in [0.4, 0.5) is 11.4 Å². The Labute approximate surface area is 111 Å². The van der Waals surface area contributed by atoms with Gasteiger partial charge in [-0.2, -0.15) is 0 Å². The van der Waals surface area contributed by atoms with Gasteiger partial charge in [-0.15, -0.1) is 0 Å². The Balaban J connectivity index is 2.40. The molecule has 0 saturated heterocycles. The number of nitrogens with two attached hydrogens (primary N) is 1. The number of carbonyl (C=O) groups is 1. The highest BCUT2D eigenvalue weighted by Crippen LogP contribution is 2.26. The van der Waals surface area contributed by atoms with Crippen molar-refractivity contribution in [2.45, 2.75) is 0 Å². The second kappa shape index (κ2) is 5.39. The Bertz CT molecular complexity index is 584. The Morgan fingerprint density at radius 2 is 1.95 bits per heavy atom. The van der Waals surface area contributed by atoms with Gasteiger partial charge in [-0.05, 0) is 24.3 Å². The van der Waals surface area contributed by atoms with Gasteiger partial charge in [-0.25, -0.2) is 0 Å². The van der Waals surface area contributed by atoms with Crippen molar-refractivity contribution in [2.24, 2.45) is 0 Å². The number of amides is 1. The van der Waals surface area contributed by atoms with E-state index in [1.165, 1.54) is 12.0 Å². The number of nitrogen functional groups attached to an aromatic ring is 1. The highest BCUT2D eigenvalue weighted by atomic mass is 16.5. The lowest BCUT2D eigenvalue weighted by Crippen LogP contribution is -2.27. The van der Waals surface area contributed by atoms with Crippen LogP contribution < -0.4 is 15.4 Å². The number of nitrogens with zero attached hydrogens (tertiary/aromatic N) is 2. The number of hydrogen-bond acceptors (Lipinski definition) is 4. The molecule has 0 aliphatic carbocycles.